The molecule has 1 heterocycles. The minimum atomic E-state index is 0.461. The van der Waals surface area contributed by atoms with Gasteiger partial charge in [0.25, 0.3) is 0 Å². The number of para-hydroxylation sites is 1. The molecule has 3 nitrogen and oxygen atoms in total. The van der Waals surface area contributed by atoms with Crippen LogP contribution in [0.4, 0.5) is 0 Å². The topological polar surface area (TPSA) is 24.5 Å². The largest absolute Gasteiger partial charge is 0.492 e. The van der Waals surface area contributed by atoms with Gasteiger partial charge in [0.2, 0.25) is 0 Å². The number of ether oxygens (including phenoxy) is 1. The third-order valence-corrected chi connectivity index (χ3v) is 3.98. The molecule has 1 aromatic carbocycles. The summed E-state index contributed by atoms with van der Waals surface area (Å²) in [5.74, 6) is 1.01. The van der Waals surface area contributed by atoms with E-state index in [1.54, 1.807) is 0 Å². The molecule has 20 heavy (non-hydrogen) atoms. The van der Waals surface area contributed by atoms with Gasteiger partial charge in [0.1, 0.15) is 12.4 Å². The van der Waals surface area contributed by atoms with E-state index in [0.717, 1.165) is 25.4 Å². The molecule has 1 aliphatic rings. The molecule has 0 aliphatic carbocycles. The molecule has 0 saturated carbocycles. The average molecular weight is 276 g/mol. The molecule has 1 fully saturated rings. The number of likely N-dealkylation sites (tertiary alicyclic amines) is 1. The first-order valence-corrected chi connectivity index (χ1v) is 7.68. The van der Waals surface area contributed by atoms with Crippen molar-refractivity contribution in [1.82, 2.24) is 10.2 Å². The van der Waals surface area contributed by atoms with Gasteiger partial charge in [-0.25, -0.2) is 0 Å². The van der Waals surface area contributed by atoms with Crippen molar-refractivity contribution >= 4 is 0 Å². The number of nitrogens with one attached hydrogen (secondary N) is 1. The number of benzene rings is 1. The standard InChI is InChI=1S/C17H28N2O/c1-17(2)9-6-10-19(14-17)11-12-20-16-8-5-4-7-15(16)13-18-3/h4-5,7-8,18H,6,9-14H2,1-3H3. The highest BCUT2D eigenvalue weighted by Gasteiger charge is 2.25. The molecule has 0 bridgehead atoms. The Labute approximate surface area is 123 Å². The van der Waals surface area contributed by atoms with E-state index in [0.29, 0.717) is 5.41 Å². The maximum Gasteiger partial charge on any atom is 0.123 e. The third-order valence-electron chi connectivity index (χ3n) is 3.98. The third kappa shape index (κ3) is 4.50. The second-order valence-corrected chi connectivity index (χ2v) is 6.53. The quantitative estimate of drug-likeness (QED) is 0.864. The minimum Gasteiger partial charge on any atom is -0.492 e. The van der Waals surface area contributed by atoms with Crippen LogP contribution >= 0.6 is 0 Å². The predicted molar refractivity (Wildman–Crippen MR) is 84.2 cm³/mol. The van der Waals surface area contributed by atoms with Crippen LogP contribution in [-0.2, 0) is 6.54 Å². The maximum absolute atomic E-state index is 5.98. The Morgan fingerprint density at radius 2 is 2.10 bits per heavy atom. The molecule has 0 spiro atoms. The van der Waals surface area contributed by atoms with E-state index >= 15 is 0 Å². The fourth-order valence-electron chi connectivity index (χ4n) is 3.00. The molecule has 1 saturated heterocycles. The SMILES string of the molecule is CNCc1ccccc1OCCN1CCCC(C)(C)C1. The smallest absolute Gasteiger partial charge is 0.123 e. The van der Waals surface area contributed by atoms with Gasteiger partial charge >= 0.3 is 0 Å². The molecule has 1 N–H and O–H groups in total. The summed E-state index contributed by atoms with van der Waals surface area (Å²) >= 11 is 0. The van der Waals surface area contributed by atoms with Crippen LogP contribution in [-0.4, -0.2) is 38.2 Å². The summed E-state index contributed by atoms with van der Waals surface area (Å²) < 4.78 is 5.98. The second kappa shape index (κ2) is 7.09. The Kier molecular flexibility index (Phi) is 5.44. The van der Waals surface area contributed by atoms with Crippen LogP contribution in [0.3, 0.4) is 0 Å². The molecule has 0 radical (unpaired) electrons. The molecule has 3 heteroatoms. The summed E-state index contributed by atoms with van der Waals surface area (Å²) in [5, 5.41) is 3.18. The Hall–Kier alpha value is -1.06. The van der Waals surface area contributed by atoms with Crippen molar-refractivity contribution in [2.45, 2.75) is 33.2 Å². The van der Waals surface area contributed by atoms with Crippen molar-refractivity contribution in [2.24, 2.45) is 5.41 Å². The van der Waals surface area contributed by atoms with E-state index in [9.17, 15) is 0 Å². The summed E-state index contributed by atoms with van der Waals surface area (Å²) in [6, 6.07) is 8.29. The number of nitrogens with zero attached hydrogens (tertiary/aromatic N) is 1. The summed E-state index contributed by atoms with van der Waals surface area (Å²) in [7, 11) is 1.96. The predicted octanol–water partition coefficient (Wildman–Crippen LogP) is 2.91. The van der Waals surface area contributed by atoms with E-state index in [4.69, 9.17) is 4.74 Å². The highest BCUT2D eigenvalue weighted by molar-refractivity contribution is 5.33. The zero-order valence-electron chi connectivity index (χ0n) is 13.1. The van der Waals surface area contributed by atoms with Gasteiger partial charge in [0.15, 0.2) is 0 Å². The van der Waals surface area contributed by atoms with Gasteiger partial charge in [-0.1, -0.05) is 32.0 Å². The highest BCUT2D eigenvalue weighted by Crippen LogP contribution is 2.28. The molecule has 0 atom stereocenters. The summed E-state index contributed by atoms with van der Waals surface area (Å²) in [4.78, 5) is 2.53. The zero-order chi connectivity index (χ0) is 14.4. The first-order chi connectivity index (χ1) is 9.61. The summed E-state index contributed by atoms with van der Waals surface area (Å²) in [6.45, 7) is 9.78. The van der Waals surface area contributed by atoms with E-state index in [-0.39, 0.29) is 0 Å². The van der Waals surface area contributed by atoms with Crippen molar-refractivity contribution in [2.75, 3.05) is 33.3 Å². The minimum absolute atomic E-state index is 0.461. The van der Waals surface area contributed by atoms with Crippen LogP contribution in [0.5, 0.6) is 5.75 Å². The van der Waals surface area contributed by atoms with E-state index in [1.807, 2.05) is 13.1 Å². The van der Waals surface area contributed by atoms with E-state index in [2.05, 4.69) is 42.3 Å². The first-order valence-electron chi connectivity index (χ1n) is 7.68. The van der Waals surface area contributed by atoms with Crippen LogP contribution in [0.2, 0.25) is 0 Å². The molecule has 2 rings (SSSR count). The fraction of sp³-hybridized carbons (Fsp3) is 0.647. The lowest BCUT2D eigenvalue weighted by molar-refractivity contribution is 0.102. The Morgan fingerprint density at radius 3 is 2.85 bits per heavy atom. The number of hydrogen-bond acceptors (Lipinski definition) is 3. The Balaban J connectivity index is 1.81. The van der Waals surface area contributed by atoms with Crippen LogP contribution in [0, 0.1) is 5.41 Å². The normalized spacial score (nSPS) is 18.9. The summed E-state index contributed by atoms with van der Waals surface area (Å²) in [5.41, 5.74) is 1.69. The molecular formula is C17H28N2O. The van der Waals surface area contributed by atoms with Gasteiger partial charge < -0.3 is 10.1 Å². The van der Waals surface area contributed by atoms with Crippen molar-refractivity contribution in [3.8, 4) is 5.75 Å². The molecule has 0 amide bonds. The van der Waals surface area contributed by atoms with Gasteiger partial charge in [0, 0.05) is 25.2 Å². The average Bonchev–Trinajstić information content (AvgIpc) is 2.40. The van der Waals surface area contributed by atoms with E-state index < -0.39 is 0 Å². The van der Waals surface area contributed by atoms with Crippen molar-refractivity contribution < 1.29 is 4.74 Å². The molecular weight excluding hydrogens is 248 g/mol. The zero-order valence-corrected chi connectivity index (χ0v) is 13.1. The Morgan fingerprint density at radius 1 is 1.30 bits per heavy atom. The highest BCUT2D eigenvalue weighted by atomic mass is 16.5. The number of rotatable bonds is 6. The molecule has 112 valence electrons. The van der Waals surface area contributed by atoms with Crippen molar-refractivity contribution in [1.29, 1.82) is 0 Å². The first kappa shape index (κ1) is 15.3. The summed E-state index contributed by atoms with van der Waals surface area (Å²) in [6.07, 6.45) is 2.65. The van der Waals surface area contributed by atoms with Crippen molar-refractivity contribution in [3.05, 3.63) is 29.8 Å². The lowest BCUT2D eigenvalue weighted by atomic mass is 9.84. The maximum atomic E-state index is 5.98. The van der Waals surface area contributed by atoms with Crippen LogP contribution in [0.25, 0.3) is 0 Å². The monoisotopic (exact) mass is 276 g/mol. The fourth-order valence-corrected chi connectivity index (χ4v) is 3.00. The van der Waals surface area contributed by atoms with Crippen LogP contribution in [0.15, 0.2) is 24.3 Å². The van der Waals surface area contributed by atoms with Gasteiger partial charge in [-0.05, 0) is 37.9 Å². The lowest BCUT2D eigenvalue weighted by Gasteiger charge is -2.37. The van der Waals surface area contributed by atoms with E-state index in [1.165, 1.54) is 31.5 Å². The van der Waals surface area contributed by atoms with Crippen molar-refractivity contribution in [3.63, 3.8) is 0 Å². The van der Waals surface area contributed by atoms with Gasteiger partial charge in [-0.2, -0.15) is 0 Å². The van der Waals surface area contributed by atoms with Crippen LogP contribution in [0.1, 0.15) is 32.3 Å². The molecule has 1 aromatic rings. The van der Waals surface area contributed by atoms with Gasteiger partial charge in [0.05, 0.1) is 0 Å². The number of piperidine rings is 1. The molecule has 1 aliphatic heterocycles. The molecule has 0 unspecified atom stereocenters. The Bertz CT molecular complexity index is 417. The molecule has 0 aromatic heterocycles. The lowest BCUT2D eigenvalue weighted by Crippen LogP contribution is -2.41. The van der Waals surface area contributed by atoms with Gasteiger partial charge in [-0.3, -0.25) is 4.90 Å². The second-order valence-electron chi connectivity index (χ2n) is 6.53. The van der Waals surface area contributed by atoms with Crippen LogP contribution < -0.4 is 10.1 Å². The van der Waals surface area contributed by atoms with Gasteiger partial charge in [-0.15, -0.1) is 0 Å². The number of hydrogen-bond donors (Lipinski definition) is 1.